The van der Waals surface area contributed by atoms with Crippen LogP contribution in [0.4, 0.5) is 5.13 Å². The number of aromatic nitrogens is 5. The third-order valence-electron chi connectivity index (χ3n) is 5.72. The molecule has 0 atom stereocenters. The summed E-state index contributed by atoms with van der Waals surface area (Å²) in [5.74, 6) is 0.686. The van der Waals surface area contributed by atoms with Gasteiger partial charge in [0.25, 0.3) is 0 Å². The largest absolute Gasteiger partial charge is 0.333 e. The summed E-state index contributed by atoms with van der Waals surface area (Å²) in [7, 11) is 1.95. The fraction of sp³-hybridized carbons (Fsp3) is 0.154. The number of nitrogens with zero attached hydrogens (tertiary/aromatic N) is 5. The van der Waals surface area contributed by atoms with Crippen molar-refractivity contribution in [2.75, 3.05) is 5.32 Å². The molecular weight excluding hydrogens is 444 g/mol. The zero-order valence-electron chi connectivity index (χ0n) is 19.2. The van der Waals surface area contributed by atoms with E-state index in [9.17, 15) is 4.79 Å². The van der Waals surface area contributed by atoms with Crippen molar-refractivity contribution in [1.29, 1.82) is 0 Å². The number of hydrogen-bond donors (Lipinski definition) is 1. The lowest BCUT2D eigenvalue weighted by molar-refractivity contribution is -0.115. The molecule has 5 rings (SSSR count). The van der Waals surface area contributed by atoms with E-state index in [1.54, 1.807) is 6.20 Å². The third-order valence-corrected chi connectivity index (χ3v) is 6.69. The van der Waals surface area contributed by atoms with E-state index in [2.05, 4.69) is 15.4 Å². The van der Waals surface area contributed by atoms with Crippen molar-refractivity contribution in [1.82, 2.24) is 24.3 Å². The van der Waals surface area contributed by atoms with Gasteiger partial charge in [-0.2, -0.15) is 5.10 Å². The van der Waals surface area contributed by atoms with E-state index in [1.165, 1.54) is 11.3 Å². The van der Waals surface area contributed by atoms with Crippen LogP contribution in [0.1, 0.15) is 17.0 Å². The molecule has 3 aromatic heterocycles. The van der Waals surface area contributed by atoms with Gasteiger partial charge in [-0.25, -0.2) is 14.6 Å². The van der Waals surface area contributed by atoms with Crippen molar-refractivity contribution in [2.24, 2.45) is 7.05 Å². The maximum absolute atomic E-state index is 13.0. The van der Waals surface area contributed by atoms with Crippen LogP contribution >= 0.6 is 11.3 Å². The molecule has 0 spiro atoms. The molecule has 5 aromatic rings. The summed E-state index contributed by atoms with van der Waals surface area (Å²) >= 11 is 1.43. The lowest BCUT2D eigenvalue weighted by Gasteiger charge is -2.05. The average molecular weight is 469 g/mol. The highest BCUT2D eigenvalue weighted by atomic mass is 32.1. The Labute approximate surface area is 201 Å². The van der Waals surface area contributed by atoms with Gasteiger partial charge in [0.05, 0.1) is 28.4 Å². The molecule has 0 saturated heterocycles. The fourth-order valence-electron chi connectivity index (χ4n) is 3.98. The molecule has 0 aliphatic carbocycles. The zero-order chi connectivity index (χ0) is 23.7. The number of anilines is 1. The van der Waals surface area contributed by atoms with Gasteiger partial charge >= 0.3 is 0 Å². The fourth-order valence-corrected chi connectivity index (χ4v) is 5.02. The minimum Gasteiger partial charge on any atom is -0.333 e. The van der Waals surface area contributed by atoms with Gasteiger partial charge in [-0.3, -0.25) is 4.79 Å². The summed E-state index contributed by atoms with van der Waals surface area (Å²) in [6.07, 6.45) is 3.89. The van der Waals surface area contributed by atoms with E-state index in [4.69, 9.17) is 4.98 Å². The first-order valence-corrected chi connectivity index (χ1v) is 11.8. The van der Waals surface area contributed by atoms with Crippen LogP contribution in [0.5, 0.6) is 0 Å². The van der Waals surface area contributed by atoms with Gasteiger partial charge in [-0.15, -0.1) is 0 Å². The normalized spacial score (nSPS) is 11.0. The van der Waals surface area contributed by atoms with Crippen molar-refractivity contribution in [2.45, 2.75) is 20.3 Å². The minimum atomic E-state index is -0.126. The molecule has 1 amide bonds. The summed E-state index contributed by atoms with van der Waals surface area (Å²) in [5.41, 5.74) is 5.48. The van der Waals surface area contributed by atoms with Crippen LogP contribution in [0.2, 0.25) is 0 Å². The molecule has 34 heavy (non-hydrogen) atoms. The molecule has 7 nitrogen and oxygen atoms in total. The Morgan fingerprint density at radius 2 is 1.74 bits per heavy atom. The number of nitrogens with one attached hydrogen (secondary N) is 1. The highest BCUT2D eigenvalue weighted by Crippen LogP contribution is 2.38. The zero-order valence-corrected chi connectivity index (χ0v) is 20.0. The Morgan fingerprint density at radius 3 is 2.41 bits per heavy atom. The van der Waals surface area contributed by atoms with E-state index in [0.717, 1.165) is 44.6 Å². The van der Waals surface area contributed by atoms with Crippen molar-refractivity contribution in [3.8, 4) is 27.6 Å². The molecule has 8 heteroatoms. The molecular formula is C26H24N6OS. The van der Waals surface area contributed by atoms with Crippen LogP contribution in [0, 0.1) is 13.8 Å². The number of benzene rings is 2. The van der Waals surface area contributed by atoms with Crippen molar-refractivity contribution < 1.29 is 4.79 Å². The van der Waals surface area contributed by atoms with Gasteiger partial charge in [-0.05, 0) is 26.0 Å². The van der Waals surface area contributed by atoms with Crippen molar-refractivity contribution in [3.63, 3.8) is 0 Å². The molecule has 1 N–H and O–H groups in total. The van der Waals surface area contributed by atoms with Gasteiger partial charge < -0.3 is 9.88 Å². The monoisotopic (exact) mass is 468 g/mol. The van der Waals surface area contributed by atoms with Crippen LogP contribution in [0.15, 0.2) is 73.1 Å². The van der Waals surface area contributed by atoms with Crippen LogP contribution < -0.4 is 5.32 Å². The van der Waals surface area contributed by atoms with Crippen molar-refractivity contribution in [3.05, 3.63) is 90.0 Å². The van der Waals surface area contributed by atoms with Gasteiger partial charge in [0.1, 0.15) is 0 Å². The van der Waals surface area contributed by atoms with Gasteiger partial charge in [0.15, 0.2) is 11.0 Å². The molecule has 170 valence electrons. The maximum Gasteiger partial charge on any atom is 0.230 e. The molecule has 0 bridgehead atoms. The Morgan fingerprint density at radius 1 is 1.03 bits per heavy atom. The summed E-state index contributed by atoms with van der Waals surface area (Å²) in [5, 5.41) is 8.20. The first-order chi connectivity index (χ1) is 16.5. The van der Waals surface area contributed by atoms with Crippen LogP contribution in [0.3, 0.4) is 0 Å². The molecule has 0 unspecified atom stereocenters. The number of thiazole rings is 1. The summed E-state index contributed by atoms with van der Waals surface area (Å²) in [6.45, 7) is 3.93. The first kappa shape index (κ1) is 21.8. The number of amides is 1. The van der Waals surface area contributed by atoms with Crippen LogP contribution in [-0.2, 0) is 18.3 Å². The second kappa shape index (κ2) is 9.07. The number of rotatable bonds is 6. The SMILES string of the molecule is Cc1nn(-c2ccccc2)c(C)c1CC(=O)Nc1nc(-c2ccccc2)c(-c2nccn2C)s1. The maximum atomic E-state index is 13.0. The molecule has 0 radical (unpaired) electrons. The predicted molar refractivity (Wildman–Crippen MR) is 135 cm³/mol. The minimum absolute atomic E-state index is 0.126. The number of hydrogen-bond acceptors (Lipinski definition) is 5. The number of para-hydroxylation sites is 1. The Balaban J connectivity index is 1.42. The highest BCUT2D eigenvalue weighted by Gasteiger charge is 2.21. The molecule has 0 aliphatic heterocycles. The molecule has 2 aromatic carbocycles. The second-order valence-corrected chi connectivity index (χ2v) is 9.05. The van der Waals surface area contributed by atoms with Crippen LogP contribution in [0.25, 0.3) is 27.6 Å². The van der Waals surface area contributed by atoms with Crippen LogP contribution in [-0.4, -0.2) is 30.2 Å². The predicted octanol–water partition coefficient (Wildman–Crippen LogP) is 5.19. The molecule has 0 fully saturated rings. The van der Waals surface area contributed by atoms with Gasteiger partial charge in [0.2, 0.25) is 5.91 Å². The Hall–Kier alpha value is -4.04. The number of carbonyl (C=O) groups is 1. The third kappa shape index (κ3) is 4.15. The van der Waals surface area contributed by atoms with E-state index in [0.29, 0.717) is 5.13 Å². The Kier molecular flexibility index (Phi) is 5.81. The molecule has 3 heterocycles. The number of imidazole rings is 1. The van der Waals surface area contributed by atoms with E-state index in [-0.39, 0.29) is 12.3 Å². The smallest absolute Gasteiger partial charge is 0.230 e. The Bertz CT molecular complexity index is 1450. The van der Waals surface area contributed by atoms with Gasteiger partial charge in [0, 0.05) is 36.3 Å². The standard InChI is InChI=1S/C26H24N6OS/c1-17-21(18(2)32(30-17)20-12-8-5-9-13-20)16-22(33)28-26-29-23(19-10-6-4-7-11-19)24(34-26)25-27-14-15-31(25)3/h4-15H,16H2,1-3H3,(H,28,29,33). The quantitative estimate of drug-likeness (QED) is 0.372. The van der Waals surface area contributed by atoms with E-state index >= 15 is 0 Å². The van der Waals surface area contributed by atoms with E-state index < -0.39 is 0 Å². The summed E-state index contributed by atoms with van der Waals surface area (Å²) in [4.78, 5) is 23.2. The lowest BCUT2D eigenvalue weighted by atomic mass is 10.1. The summed E-state index contributed by atoms with van der Waals surface area (Å²) < 4.78 is 3.84. The van der Waals surface area contributed by atoms with Gasteiger partial charge in [-0.1, -0.05) is 59.9 Å². The molecule has 0 aliphatic rings. The molecule has 0 saturated carbocycles. The number of aryl methyl sites for hydroxylation is 2. The second-order valence-electron chi connectivity index (χ2n) is 8.05. The number of carbonyl (C=O) groups excluding carboxylic acids is 1. The highest BCUT2D eigenvalue weighted by molar-refractivity contribution is 7.19. The average Bonchev–Trinajstić information content (AvgIpc) is 3.53. The lowest BCUT2D eigenvalue weighted by Crippen LogP contribution is -2.15. The van der Waals surface area contributed by atoms with E-state index in [1.807, 2.05) is 97.0 Å². The topological polar surface area (TPSA) is 77.6 Å². The summed E-state index contributed by atoms with van der Waals surface area (Å²) in [6, 6.07) is 19.9. The van der Waals surface area contributed by atoms with Crippen molar-refractivity contribution >= 4 is 22.4 Å². The first-order valence-electron chi connectivity index (χ1n) is 11.0.